The molecule has 0 aliphatic carbocycles. The topological polar surface area (TPSA) is 66.4 Å². The number of benzene rings is 2. The largest absolute Gasteiger partial charge is 0.481 e. The Hall–Kier alpha value is -2.69. The molecule has 1 atom stereocenters. The van der Waals surface area contributed by atoms with E-state index in [1.54, 1.807) is 19.1 Å². The van der Waals surface area contributed by atoms with Crippen LogP contribution < -0.4 is 5.32 Å². The Kier molecular flexibility index (Phi) is 5.91. The van der Waals surface area contributed by atoms with E-state index in [9.17, 15) is 19.1 Å². The van der Waals surface area contributed by atoms with Crippen molar-refractivity contribution in [2.75, 3.05) is 5.32 Å². The summed E-state index contributed by atoms with van der Waals surface area (Å²) in [6.07, 6.45) is 0.751. The fourth-order valence-corrected chi connectivity index (χ4v) is 2.54. The van der Waals surface area contributed by atoms with E-state index in [4.69, 9.17) is 0 Å². The van der Waals surface area contributed by atoms with E-state index >= 15 is 0 Å². The Morgan fingerprint density at radius 3 is 2.28 bits per heavy atom. The lowest BCUT2D eigenvalue weighted by atomic mass is 9.95. The molecule has 4 nitrogen and oxygen atoms in total. The molecule has 0 saturated heterocycles. The van der Waals surface area contributed by atoms with Crippen LogP contribution in [0.1, 0.15) is 48.2 Å². The summed E-state index contributed by atoms with van der Waals surface area (Å²) in [6, 6.07) is 10.6. The minimum Gasteiger partial charge on any atom is -0.481 e. The number of rotatable bonds is 6. The minimum absolute atomic E-state index is 0.341. The van der Waals surface area contributed by atoms with Crippen LogP contribution in [0.15, 0.2) is 42.5 Å². The molecule has 1 unspecified atom stereocenters. The third-order valence-corrected chi connectivity index (χ3v) is 3.99. The number of amides is 1. The average molecular weight is 343 g/mol. The molecule has 2 aromatic rings. The van der Waals surface area contributed by atoms with Crippen molar-refractivity contribution in [1.29, 1.82) is 0 Å². The molecule has 0 aliphatic heterocycles. The van der Waals surface area contributed by atoms with Crippen molar-refractivity contribution in [2.45, 2.75) is 33.1 Å². The molecular formula is C20H22FNO3. The summed E-state index contributed by atoms with van der Waals surface area (Å²) < 4.78 is 13.0. The van der Waals surface area contributed by atoms with Crippen molar-refractivity contribution in [3.8, 4) is 0 Å². The first-order chi connectivity index (χ1) is 11.8. The maximum atomic E-state index is 13.0. The van der Waals surface area contributed by atoms with E-state index in [0.717, 1.165) is 12.0 Å². The Balaban J connectivity index is 2.34. The van der Waals surface area contributed by atoms with Gasteiger partial charge >= 0.3 is 5.97 Å². The SMILES string of the molecule is CC(C)Cc1ccc(C(C)C(=O)O)cc1NC(=O)c1ccc(F)cc1. The van der Waals surface area contributed by atoms with Gasteiger partial charge in [-0.3, -0.25) is 9.59 Å². The first kappa shape index (κ1) is 18.6. The number of hydrogen-bond donors (Lipinski definition) is 2. The fourth-order valence-electron chi connectivity index (χ4n) is 2.54. The average Bonchev–Trinajstić information content (AvgIpc) is 2.55. The van der Waals surface area contributed by atoms with Crippen LogP contribution in [0.2, 0.25) is 0 Å². The van der Waals surface area contributed by atoms with E-state index in [2.05, 4.69) is 19.2 Å². The molecule has 1 amide bonds. The van der Waals surface area contributed by atoms with E-state index in [0.29, 0.717) is 22.7 Å². The molecule has 0 bridgehead atoms. The molecule has 0 aromatic heterocycles. The van der Waals surface area contributed by atoms with E-state index < -0.39 is 17.7 Å². The number of anilines is 1. The molecule has 132 valence electrons. The lowest BCUT2D eigenvalue weighted by Crippen LogP contribution is -2.15. The third-order valence-electron chi connectivity index (χ3n) is 3.99. The molecule has 5 heteroatoms. The van der Waals surface area contributed by atoms with Crippen LogP contribution in [-0.2, 0) is 11.2 Å². The van der Waals surface area contributed by atoms with Crippen molar-refractivity contribution in [1.82, 2.24) is 0 Å². The quantitative estimate of drug-likeness (QED) is 0.813. The van der Waals surface area contributed by atoms with Gasteiger partial charge in [-0.05, 0) is 60.7 Å². The highest BCUT2D eigenvalue weighted by atomic mass is 19.1. The Labute approximate surface area is 146 Å². The standard InChI is InChI=1S/C20H22FNO3/c1-12(2)10-16-5-4-15(13(3)20(24)25)11-18(16)22-19(23)14-6-8-17(21)9-7-14/h4-9,11-13H,10H2,1-3H3,(H,22,23)(H,24,25). The van der Waals surface area contributed by atoms with Crippen LogP contribution >= 0.6 is 0 Å². The lowest BCUT2D eigenvalue weighted by Gasteiger charge is -2.16. The van der Waals surface area contributed by atoms with Crippen LogP contribution in [0, 0.1) is 11.7 Å². The summed E-state index contributed by atoms with van der Waals surface area (Å²) in [5.74, 6) is -1.98. The number of halogens is 1. The van der Waals surface area contributed by atoms with Crippen LogP contribution in [0.5, 0.6) is 0 Å². The molecule has 0 fully saturated rings. The van der Waals surface area contributed by atoms with E-state index in [-0.39, 0.29) is 5.91 Å². The van der Waals surface area contributed by atoms with Gasteiger partial charge in [0.1, 0.15) is 5.82 Å². The predicted molar refractivity (Wildman–Crippen MR) is 95.4 cm³/mol. The summed E-state index contributed by atoms with van der Waals surface area (Å²) in [5.41, 5.74) is 2.49. The van der Waals surface area contributed by atoms with Crippen molar-refractivity contribution < 1.29 is 19.1 Å². The summed E-state index contributed by atoms with van der Waals surface area (Å²) in [7, 11) is 0. The van der Waals surface area contributed by atoms with Gasteiger partial charge in [-0.25, -0.2) is 4.39 Å². The first-order valence-corrected chi connectivity index (χ1v) is 8.20. The smallest absolute Gasteiger partial charge is 0.310 e. The highest BCUT2D eigenvalue weighted by Gasteiger charge is 2.17. The molecule has 2 aromatic carbocycles. The van der Waals surface area contributed by atoms with Gasteiger partial charge in [0.05, 0.1) is 5.92 Å². The zero-order chi connectivity index (χ0) is 18.6. The molecule has 2 rings (SSSR count). The molecule has 0 aliphatic rings. The normalized spacial score (nSPS) is 12.0. The van der Waals surface area contributed by atoms with Gasteiger partial charge in [-0.15, -0.1) is 0 Å². The summed E-state index contributed by atoms with van der Waals surface area (Å²) in [5, 5.41) is 12.0. The minimum atomic E-state index is -0.924. The highest BCUT2D eigenvalue weighted by molar-refractivity contribution is 6.04. The number of aliphatic carboxylic acids is 1. The van der Waals surface area contributed by atoms with Crippen molar-refractivity contribution >= 4 is 17.6 Å². The van der Waals surface area contributed by atoms with Gasteiger partial charge < -0.3 is 10.4 Å². The second-order valence-electron chi connectivity index (χ2n) is 6.54. The van der Waals surface area contributed by atoms with Crippen molar-refractivity contribution in [3.63, 3.8) is 0 Å². The van der Waals surface area contributed by atoms with Gasteiger partial charge in [0.15, 0.2) is 0 Å². The summed E-state index contributed by atoms with van der Waals surface area (Å²) in [6.45, 7) is 5.74. The zero-order valence-electron chi connectivity index (χ0n) is 14.5. The first-order valence-electron chi connectivity index (χ1n) is 8.20. The molecule has 0 saturated carbocycles. The van der Waals surface area contributed by atoms with Gasteiger partial charge in [0.25, 0.3) is 5.91 Å². The van der Waals surface area contributed by atoms with Gasteiger partial charge in [0.2, 0.25) is 0 Å². The van der Waals surface area contributed by atoms with Crippen molar-refractivity contribution in [2.24, 2.45) is 5.92 Å². The third kappa shape index (κ3) is 4.89. The molecule has 0 spiro atoms. The number of carbonyl (C=O) groups excluding carboxylic acids is 1. The molecule has 25 heavy (non-hydrogen) atoms. The molecule has 0 radical (unpaired) electrons. The number of carboxylic acid groups (broad SMARTS) is 1. The van der Waals surface area contributed by atoms with Gasteiger partial charge in [-0.1, -0.05) is 26.0 Å². The van der Waals surface area contributed by atoms with Crippen LogP contribution in [-0.4, -0.2) is 17.0 Å². The summed E-state index contributed by atoms with van der Waals surface area (Å²) in [4.78, 5) is 23.7. The second-order valence-corrected chi connectivity index (χ2v) is 6.54. The number of hydrogen-bond acceptors (Lipinski definition) is 2. The fraction of sp³-hybridized carbons (Fsp3) is 0.300. The zero-order valence-corrected chi connectivity index (χ0v) is 14.5. The monoisotopic (exact) mass is 343 g/mol. The van der Waals surface area contributed by atoms with E-state index in [1.165, 1.54) is 24.3 Å². The molecular weight excluding hydrogens is 321 g/mol. The van der Waals surface area contributed by atoms with E-state index in [1.807, 2.05) is 6.07 Å². The molecule has 2 N–H and O–H groups in total. The Bertz CT molecular complexity index is 769. The maximum absolute atomic E-state index is 13.0. The lowest BCUT2D eigenvalue weighted by molar-refractivity contribution is -0.138. The Morgan fingerprint density at radius 2 is 1.72 bits per heavy atom. The van der Waals surface area contributed by atoms with Gasteiger partial charge in [-0.2, -0.15) is 0 Å². The van der Waals surface area contributed by atoms with Crippen LogP contribution in [0.4, 0.5) is 10.1 Å². The maximum Gasteiger partial charge on any atom is 0.310 e. The number of carbonyl (C=O) groups is 2. The van der Waals surface area contributed by atoms with Crippen LogP contribution in [0.3, 0.4) is 0 Å². The van der Waals surface area contributed by atoms with Crippen LogP contribution in [0.25, 0.3) is 0 Å². The predicted octanol–water partition coefficient (Wildman–Crippen LogP) is 4.46. The second kappa shape index (κ2) is 7.92. The number of nitrogens with one attached hydrogen (secondary N) is 1. The number of carboxylic acids is 1. The molecule has 0 heterocycles. The highest BCUT2D eigenvalue weighted by Crippen LogP contribution is 2.26. The van der Waals surface area contributed by atoms with Gasteiger partial charge in [0, 0.05) is 11.3 Å². The van der Waals surface area contributed by atoms with Crippen molar-refractivity contribution in [3.05, 3.63) is 65.0 Å². The Morgan fingerprint density at radius 1 is 1.08 bits per heavy atom. The summed E-state index contributed by atoms with van der Waals surface area (Å²) >= 11 is 0.